The minimum atomic E-state index is -0.910. The molecular formula is C22H38O3. The molecule has 4 fully saturated rings. The number of aliphatic hydroxyl groups excluding tert-OH is 2. The van der Waals surface area contributed by atoms with Crippen molar-refractivity contribution in [1.29, 1.82) is 0 Å². The minimum Gasteiger partial charge on any atom is -0.393 e. The molecule has 0 saturated heterocycles. The van der Waals surface area contributed by atoms with Gasteiger partial charge in [-0.3, -0.25) is 0 Å². The summed E-state index contributed by atoms with van der Waals surface area (Å²) in [6.45, 7) is 8.98. The van der Waals surface area contributed by atoms with E-state index in [-0.39, 0.29) is 16.9 Å². The van der Waals surface area contributed by atoms with Crippen molar-refractivity contribution in [1.82, 2.24) is 0 Å². The van der Waals surface area contributed by atoms with E-state index in [9.17, 15) is 15.3 Å². The normalized spacial score (nSPS) is 59.6. The van der Waals surface area contributed by atoms with E-state index < -0.39 is 11.7 Å². The van der Waals surface area contributed by atoms with Gasteiger partial charge in [0.05, 0.1) is 17.8 Å². The van der Waals surface area contributed by atoms with Gasteiger partial charge in [0.25, 0.3) is 0 Å². The molecule has 0 radical (unpaired) electrons. The Morgan fingerprint density at radius 2 is 1.44 bits per heavy atom. The van der Waals surface area contributed by atoms with Crippen LogP contribution in [0.25, 0.3) is 0 Å². The average molecular weight is 351 g/mol. The second-order valence-electron chi connectivity index (χ2n) is 10.9. The van der Waals surface area contributed by atoms with Crippen molar-refractivity contribution in [3.8, 4) is 0 Å². The summed E-state index contributed by atoms with van der Waals surface area (Å²) in [4.78, 5) is 0. The van der Waals surface area contributed by atoms with Gasteiger partial charge in [-0.2, -0.15) is 0 Å². The molecule has 4 aliphatic carbocycles. The molecule has 3 N–H and O–H groups in total. The predicted molar refractivity (Wildman–Crippen MR) is 99.0 cm³/mol. The molecule has 0 aromatic carbocycles. The summed E-state index contributed by atoms with van der Waals surface area (Å²) in [6, 6.07) is 0. The van der Waals surface area contributed by atoms with Crippen molar-refractivity contribution in [2.45, 2.75) is 103 Å². The third-order valence-electron chi connectivity index (χ3n) is 10.3. The number of fused-ring (bicyclic) bond motifs is 5. The average Bonchev–Trinajstić information content (AvgIpc) is 2.82. The van der Waals surface area contributed by atoms with Gasteiger partial charge in [-0.15, -0.1) is 0 Å². The first-order chi connectivity index (χ1) is 11.6. The van der Waals surface area contributed by atoms with Crippen LogP contribution < -0.4 is 0 Å². The zero-order valence-electron chi connectivity index (χ0n) is 16.6. The molecule has 4 aliphatic rings. The maximum Gasteiger partial charge on any atom is 0.0958 e. The Kier molecular flexibility index (Phi) is 3.98. The SMILES string of the molecule is CC(O)C1(O)CCC2C3CCC4(C)CC(O)CCC4(C)C3CCC21C. The summed E-state index contributed by atoms with van der Waals surface area (Å²) < 4.78 is 0. The van der Waals surface area contributed by atoms with Crippen LogP contribution in [0.3, 0.4) is 0 Å². The first-order valence-electron chi connectivity index (χ1n) is 10.7. The van der Waals surface area contributed by atoms with E-state index in [4.69, 9.17) is 0 Å². The highest BCUT2D eigenvalue weighted by molar-refractivity contribution is 5.16. The summed E-state index contributed by atoms with van der Waals surface area (Å²) in [6.07, 6.45) is 8.78. The van der Waals surface area contributed by atoms with Gasteiger partial charge in [0.1, 0.15) is 0 Å². The molecule has 4 saturated carbocycles. The van der Waals surface area contributed by atoms with Crippen molar-refractivity contribution in [2.24, 2.45) is 34.0 Å². The van der Waals surface area contributed by atoms with E-state index in [0.29, 0.717) is 23.2 Å². The number of aliphatic hydroxyl groups is 3. The van der Waals surface area contributed by atoms with Crippen molar-refractivity contribution in [3.63, 3.8) is 0 Å². The van der Waals surface area contributed by atoms with Crippen LogP contribution >= 0.6 is 0 Å². The molecule has 0 aromatic heterocycles. The van der Waals surface area contributed by atoms with Gasteiger partial charge in [-0.05, 0) is 93.3 Å². The zero-order chi connectivity index (χ0) is 18.3. The van der Waals surface area contributed by atoms with Crippen LogP contribution in [0, 0.1) is 34.0 Å². The van der Waals surface area contributed by atoms with Gasteiger partial charge in [0, 0.05) is 5.41 Å². The molecular weight excluding hydrogens is 312 g/mol. The quantitative estimate of drug-likeness (QED) is 0.672. The second-order valence-corrected chi connectivity index (χ2v) is 10.9. The highest BCUT2D eigenvalue weighted by Crippen LogP contribution is 2.71. The molecule has 0 aromatic rings. The summed E-state index contributed by atoms with van der Waals surface area (Å²) in [5, 5.41) is 31.9. The molecule has 144 valence electrons. The van der Waals surface area contributed by atoms with Gasteiger partial charge < -0.3 is 15.3 Å². The third-order valence-corrected chi connectivity index (χ3v) is 10.3. The molecule has 0 spiro atoms. The molecule has 9 atom stereocenters. The standard InChI is InChI=1S/C22H38O3/c1-14(23)22(25)12-8-18-16-6-9-19(2)13-15(24)5-10-20(19,3)17(16)7-11-21(18,22)4/h14-18,23-25H,5-13H2,1-4H3. The van der Waals surface area contributed by atoms with E-state index in [0.717, 1.165) is 38.5 Å². The van der Waals surface area contributed by atoms with Crippen LogP contribution in [0.1, 0.15) is 85.5 Å². The molecule has 9 unspecified atom stereocenters. The first kappa shape index (κ1) is 18.3. The summed E-state index contributed by atoms with van der Waals surface area (Å²) >= 11 is 0. The Labute approximate surface area is 153 Å². The van der Waals surface area contributed by atoms with E-state index in [1.807, 2.05) is 0 Å². The highest BCUT2D eigenvalue weighted by atomic mass is 16.3. The maximum atomic E-state index is 11.3. The van der Waals surface area contributed by atoms with Gasteiger partial charge in [0.15, 0.2) is 0 Å². The third kappa shape index (κ3) is 2.15. The lowest BCUT2D eigenvalue weighted by molar-refractivity contribution is -0.203. The minimum absolute atomic E-state index is 0.115. The van der Waals surface area contributed by atoms with Crippen molar-refractivity contribution >= 4 is 0 Å². The molecule has 3 heteroatoms. The lowest BCUT2D eigenvalue weighted by atomic mass is 9.40. The zero-order valence-corrected chi connectivity index (χ0v) is 16.6. The van der Waals surface area contributed by atoms with Crippen molar-refractivity contribution in [2.75, 3.05) is 0 Å². The Bertz CT molecular complexity index is 547. The van der Waals surface area contributed by atoms with Gasteiger partial charge in [0.2, 0.25) is 0 Å². The molecule has 0 aliphatic heterocycles. The highest BCUT2D eigenvalue weighted by Gasteiger charge is 2.67. The van der Waals surface area contributed by atoms with E-state index >= 15 is 0 Å². The van der Waals surface area contributed by atoms with Crippen LogP contribution in [0.5, 0.6) is 0 Å². The lowest BCUT2D eigenvalue weighted by Crippen LogP contribution is -2.61. The van der Waals surface area contributed by atoms with Gasteiger partial charge in [-0.25, -0.2) is 0 Å². The number of hydrogen-bond acceptors (Lipinski definition) is 3. The van der Waals surface area contributed by atoms with Crippen molar-refractivity contribution < 1.29 is 15.3 Å². The molecule has 25 heavy (non-hydrogen) atoms. The van der Waals surface area contributed by atoms with Gasteiger partial charge in [-0.1, -0.05) is 20.8 Å². The van der Waals surface area contributed by atoms with Crippen LogP contribution in [-0.4, -0.2) is 33.1 Å². The summed E-state index contributed by atoms with van der Waals surface area (Å²) in [7, 11) is 0. The lowest BCUT2D eigenvalue weighted by Gasteiger charge is -2.65. The fourth-order valence-corrected chi connectivity index (χ4v) is 8.35. The molecule has 3 nitrogen and oxygen atoms in total. The Balaban J connectivity index is 1.67. The van der Waals surface area contributed by atoms with Gasteiger partial charge >= 0.3 is 0 Å². The number of hydrogen-bond donors (Lipinski definition) is 3. The van der Waals surface area contributed by atoms with E-state index in [1.54, 1.807) is 6.92 Å². The van der Waals surface area contributed by atoms with Crippen LogP contribution in [-0.2, 0) is 0 Å². The number of rotatable bonds is 1. The topological polar surface area (TPSA) is 60.7 Å². The van der Waals surface area contributed by atoms with Crippen LogP contribution in [0.15, 0.2) is 0 Å². The second kappa shape index (κ2) is 5.45. The molecule has 0 amide bonds. The maximum absolute atomic E-state index is 11.3. The fourth-order valence-electron chi connectivity index (χ4n) is 8.35. The largest absolute Gasteiger partial charge is 0.393 e. The fraction of sp³-hybridized carbons (Fsp3) is 1.00. The van der Waals surface area contributed by atoms with E-state index in [1.165, 1.54) is 19.3 Å². The summed E-state index contributed by atoms with van der Waals surface area (Å²) in [5.41, 5.74) is -0.464. The Morgan fingerprint density at radius 1 is 0.840 bits per heavy atom. The first-order valence-corrected chi connectivity index (χ1v) is 10.7. The van der Waals surface area contributed by atoms with Crippen LogP contribution in [0.4, 0.5) is 0 Å². The van der Waals surface area contributed by atoms with Crippen molar-refractivity contribution in [3.05, 3.63) is 0 Å². The van der Waals surface area contributed by atoms with E-state index in [2.05, 4.69) is 20.8 Å². The molecule has 0 bridgehead atoms. The smallest absolute Gasteiger partial charge is 0.0958 e. The monoisotopic (exact) mass is 350 g/mol. The molecule has 4 rings (SSSR count). The molecule has 0 heterocycles. The Hall–Kier alpha value is -0.120. The predicted octanol–water partition coefficient (Wildman–Crippen LogP) is 3.89. The van der Waals surface area contributed by atoms with Crippen LogP contribution in [0.2, 0.25) is 0 Å². The Morgan fingerprint density at radius 3 is 2.12 bits per heavy atom. The summed E-state index contributed by atoms with van der Waals surface area (Å²) in [5.74, 6) is 1.94.